The number of terminal acetylenes is 1. The molecule has 1 amide bonds. The summed E-state index contributed by atoms with van der Waals surface area (Å²) in [6, 6.07) is 15.7. The molecule has 19 heavy (non-hydrogen) atoms. The summed E-state index contributed by atoms with van der Waals surface area (Å²) in [5, 5.41) is 3.39. The van der Waals surface area contributed by atoms with Gasteiger partial charge in [-0.15, -0.1) is 6.42 Å². The van der Waals surface area contributed by atoms with E-state index in [0.717, 1.165) is 5.56 Å². The van der Waals surface area contributed by atoms with E-state index in [1.807, 2.05) is 30.3 Å². The van der Waals surface area contributed by atoms with Crippen molar-refractivity contribution < 1.29 is 4.79 Å². The Morgan fingerprint density at radius 2 is 1.74 bits per heavy atom. The van der Waals surface area contributed by atoms with Crippen molar-refractivity contribution in [1.82, 2.24) is 5.32 Å². The lowest BCUT2D eigenvalue weighted by Gasteiger charge is -2.13. The van der Waals surface area contributed by atoms with E-state index in [0.29, 0.717) is 10.6 Å². The molecule has 0 aromatic heterocycles. The predicted molar refractivity (Wildman–Crippen MR) is 76.9 cm³/mol. The third kappa shape index (κ3) is 3.37. The quantitative estimate of drug-likeness (QED) is 0.850. The van der Waals surface area contributed by atoms with E-state index in [9.17, 15) is 4.79 Å². The molecule has 0 aliphatic rings. The molecule has 0 saturated heterocycles. The third-order valence-corrected chi connectivity index (χ3v) is 2.93. The smallest absolute Gasteiger partial charge is 0.252 e. The number of halogens is 1. The van der Waals surface area contributed by atoms with Crippen LogP contribution in [0.15, 0.2) is 54.6 Å². The first-order valence-electron chi connectivity index (χ1n) is 5.78. The highest BCUT2D eigenvalue weighted by molar-refractivity contribution is 6.30. The largest absolute Gasteiger partial charge is 0.334 e. The fraction of sp³-hybridized carbons (Fsp3) is 0.0625. The molecule has 2 rings (SSSR count). The second kappa shape index (κ2) is 6.08. The molecule has 2 aromatic carbocycles. The van der Waals surface area contributed by atoms with Gasteiger partial charge in [-0.1, -0.05) is 47.9 Å². The first kappa shape index (κ1) is 13.2. The summed E-state index contributed by atoms with van der Waals surface area (Å²) in [5.41, 5.74) is 1.41. The zero-order chi connectivity index (χ0) is 13.7. The van der Waals surface area contributed by atoms with Gasteiger partial charge in [0, 0.05) is 10.6 Å². The molecule has 2 nitrogen and oxygen atoms in total. The monoisotopic (exact) mass is 269 g/mol. The van der Waals surface area contributed by atoms with E-state index in [-0.39, 0.29) is 5.91 Å². The normalized spacial score (nSPS) is 11.4. The summed E-state index contributed by atoms with van der Waals surface area (Å²) in [6.07, 6.45) is 5.47. The van der Waals surface area contributed by atoms with Crippen LogP contribution >= 0.6 is 11.6 Å². The van der Waals surface area contributed by atoms with Crippen LogP contribution in [-0.2, 0) is 0 Å². The maximum atomic E-state index is 12.0. The molecule has 2 aromatic rings. The molecule has 3 heteroatoms. The van der Waals surface area contributed by atoms with Crippen LogP contribution in [-0.4, -0.2) is 5.91 Å². The molecule has 0 aliphatic carbocycles. The minimum atomic E-state index is -0.440. The Bertz CT molecular complexity index is 599. The van der Waals surface area contributed by atoms with Gasteiger partial charge in [0.05, 0.1) is 0 Å². The molecule has 1 unspecified atom stereocenters. The Morgan fingerprint density at radius 1 is 1.11 bits per heavy atom. The van der Waals surface area contributed by atoms with Crippen molar-refractivity contribution in [3.05, 3.63) is 70.7 Å². The van der Waals surface area contributed by atoms with E-state index in [1.54, 1.807) is 24.3 Å². The number of hydrogen-bond donors (Lipinski definition) is 1. The van der Waals surface area contributed by atoms with Crippen LogP contribution in [0.3, 0.4) is 0 Å². The number of benzene rings is 2. The van der Waals surface area contributed by atoms with Gasteiger partial charge in [0.1, 0.15) is 6.04 Å². The molecule has 1 atom stereocenters. The van der Waals surface area contributed by atoms with Crippen molar-refractivity contribution in [2.24, 2.45) is 0 Å². The summed E-state index contributed by atoms with van der Waals surface area (Å²) in [5.74, 6) is 2.35. The van der Waals surface area contributed by atoms with E-state index < -0.39 is 6.04 Å². The van der Waals surface area contributed by atoms with Crippen LogP contribution in [0.5, 0.6) is 0 Å². The van der Waals surface area contributed by atoms with Gasteiger partial charge in [0.25, 0.3) is 5.91 Å². The number of hydrogen-bond acceptors (Lipinski definition) is 1. The molecule has 0 bridgehead atoms. The average Bonchev–Trinajstić information content (AvgIpc) is 2.46. The zero-order valence-corrected chi connectivity index (χ0v) is 10.9. The van der Waals surface area contributed by atoms with E-state index in [1.165, 1.54) is 0 Å². The Hall–Kier alpha value is -2.24. The van der Waals surface area contributed by atoms with E-state index >= 15 is 0 Å². The highest BCUT2D eigenvalue weighted by atomic mass is 35.5. The van der Waals surface area contributed by atoms with Crippen LogP contribution in [0.4, 0.5) is 0 Å². The third-order valence-electron chi connectivity index (χ3n) is 2.68. The van der Waals surface area contributed by atoms with Gasteiger partial charge in [-0.2, -0.15) is 0 Å². The molecule has 0 radical (unpaired) electrons. The topological polar surface area (TPSA) is 29.1 Å². The molecule has 0 saturated carbocycles. The standard InChI is InChI=1S/C16H12ClNO/c1-2-15(12-6-4-3-5-7-12)18-16(19)13-8-10-14(17)11-9-13/h1,3-11,15H,(H,18,19). The summed E-state index contributed by atoms with van der Waals surface area (Å²) >= 11 is 5.78. The molecule has 1 N–H and O–H groups in total. The van der Waals surface area contributed by atoms with Gasteiger partial charge < -0.3 is 5.32 Å². The molecule has 0 spiro atoms. The minimum absolute atomic E-state index is 0.219. The number of carbonyl (C=O) groups is 1. The van der Waals surface area contributed by atoms with Crippen LogP contribution < -0.4 is 5.32 Å². The fourth-order valence-electron chi connectivity index (χ4n) is 1.68. The number of amides is 1. The van der Waals surface area contributed by atoms with Crippen LogP contribution in [0.2, 0.25) is 5.02 Å². The summed E-state index contributed by atoms with van der Waals surface area (Å²) in [7, 11) is 0. The van der Waals surface area contributed by atoms with Crippen LogP contribution in [0, 0.1) is 12.3 Å². The first-order chi connectivity index (χ1) is 9.20. The Kier molecular flexibility index (Phi) is 4.22. The lowest BCUT2D eigenvalue weighted by molar-refractivity contribution is 0.0945. The number of nitrogens with one attached hydrogen (secondary N) is 1. The fourth-order valence-corrected chi connectivity index (χ4v) is 1.81. The maximum absolute atomic E-state index is 12.0. The van der Waals surface area contributed by atoms with Gasteiger partial charge in [0.15, 0.2) is 0 Å². The molecule has 0 heterocycles. The molecular weight excluding hydrogens is 258 g/mol. The first-order valence-corrected chi connectivity index (χ1v) is 6.16. The molecule has 0 fully saturated rings. The van der Waals surface area contributed by atoms with Gasteiger partial charge in [-0.25, -0.2) is 0 Å². The Labute approximate surface area is 117 Å². The van der Waals surface area contributed by atoms with Crippen molar-refractivity contribution in [2.75, 3.05) is 0 Å². The number of rotatable bonds is 3. The Balaban J connectivity index is 2.13. The minimum Gasteiger partial charge on any atom is -0.334 e. The zero-order valence-electron chi connectivity index (χ0n) is 10.1. The van der Waals surface area contributed by atoms with Gasteiger partial charge in [-0.3, -0.25) is 4.79 Å². The van der Waals surface area contributed by atoms with Crippen molar-refractivity contribution >= 4 is 17.5 Å². The van der Waals surface area contributed by atoms with E-state index in [4.69, 9.17) is 18.0 Å². The van der Waals surface area contributed by atoms with Crippen molar-refractivity contribution in [3.8, 4) is 12.3 Å². The van der Waals surface area contributed by atoms with Gasteiger partial charge in [0.2, 0.25) is 0 Å². The second-order valence-corrected chi connectivity index (χ2v) is 4.43. The van der Waals surface area contributed by atoms with Crippen LogP contribution in [0.1, 0.15) is 22.0 Å². The van der Waals surface area contributed by atoms with E-state index in [2.05, 4.69) is 11.2 Å². The highest BCUT2D eigenvalue weighted by Crippen LogP contribution is 2.14. The lowest BCUT2D eigenvalue weighted by Crippen LogP contribution is -2.27. The van der Waals surface area contributed by atoms with Crippen molar-refractivity contribution in [2.45, 2.75) is 6.04 Å². The Morgan fingerprint density at radius 3 is 2.32 bits per heavy atom. The summed E-state index contributed by atoms with van der Waals surface area (Å²) in [4.78, 5) is 12.0. The average molecular weight is 270 g/mol. The van der Waals surface area contributed by atoms with Crippen molar-refractivity contribution in [3.63, 3.8) is 0 Å². The molecule has 94 valence electrons. The second-order valence-electron chi connectivity index (χ2n) is 3.99. The van der Waals surface area contributed by atoms with Gasteiger partial charge in [-0.05, 0) is 29.8 Å². The highest BCUT2D eigenvalue weighted by Gasteiger charge is 2.12. The lowest BCUT2D eigenvalue weighted by atomic mass is 10.1. The van der Waals surface area contributed by atoms with Crippen LogP contribution in [0.25, 0.3) is 0 Å². The SMILES string of the molecule is C#CC(NC(=O)c1ccc(Cl)cc1)c1ccccc1. The maximum Gasteiger partial charge on any atom is 0.252 e. The van der Waals surface area contributed by atoms with Crippen molar-refractivity contribution in [1.29, 1.82) is 0 Å². The predicted octanol–water partition coefficient (Wildman–Crippen LogP) is 3.44. The van der Waals surface area contributed by atoms with Gasteiger partial charge >= 0.3 is 0 Å². The molecule has 0 aliphatic heterocycles. The molecular formula is C16H12ClNO. The summed E-state index contributed by atoms with van der Waals surface area (Å²) in [6.45, 7) is 0. The summed E-state index contributed by atoms with van der Waals surface area (Å²) < 4.78 is 0. The number of carbonyl (C=O) groups excluding carboxylic acids is 1.